The number of amides is 1. The molecule has 0 atom stereocenters. The maximum absolute atomic E-state index is 12.9. The zero-order chi connectivity index (χ0) is 18.7. The summed E-state index contributed by atoms with van der Waals surface area (Å²) in [5, 5.41) is 8.27. The molecule has 0 saturated carbocycles. The molecule has 2 aromatic carbocycles. The van der Waals surface area contributed by atoms with Crippen molar-refractivity contribution in [3.8, 4) is 0 Å². The molecular formula is C20H25N5O. The topological polar surface area (TPSA) is 54.3 Å². The van der Waals surface area contributed by atoms with Crippen LogP contribution >= 0.6 is 0 Å². The van der Waals surface area contributed by atoms with Crippen LogP contribution in [0.3, 0.4) is 0 Å². The van der Waals surface area contributed by atoms with Gasteiger partial charge in [-0.1, -0.05) is 17.3 Å². The summed E-state index contributed by atoms with van der Waals surface area (Å²) in [6.45, 7) is 6.01. The first-order valence-corrected chi connectivity index (χ1v) is 8.92. The smallest absolute Gasteiger partial charge is 0.254 e. The molecule has 1 heterocycles. The Kier molecular flexibility index (Phi) is 5.21. The van der Waals surface area contributed by atoms with Gasteiger partial charge in [-0.05, 0) is 49.7 Å². The van der Waals surface area contributed by atoms with Crippen molar-refractivity contribution in [3.63, 3.8) is 0 Å². The van der Waals surface area contributed by atoms with Gasteiger partial charge in [0.1, 0.15) is 5.52 Å². The lowest BCUT2D eigenvalue weighted by Crippen LogP contribution is -2.30. The summed E-state index contributed by atoms with van der Waals surface area (Å²) in [5.41, 5.74) is 4.61. The number of carbonyl (C=O) groups excluding carboxylic acids is 1. The van der Waals surface area contributed by atoms with Crippen LogP contribution in [0, 0.1) is 0 Å². The predicted octanol–water partition coefficient (Wildman–Crippen LogP) is 3.18. The number of anilines is 1. The average molecular weight is 351 g/mol. The van der Waals surface area contributed by atoms with Crippen molar-refractivity contribution in [1.82, 2.24) is 19.9 Å². The van der Waals surface area contributed by atoms with Crippen molar-refractivity contribution in [3.05, 3.63) is 53.6 Å². The third kappa shape index (κ3) is 3.54. The van der Waals surface area contributed by atoms with Gasteiger partial charge in [-0.15, -0.1) is 5.10 Å². The van der Waals surface area contributed by atoms with E-state index in [4.69, 9.17) is 0 Å². The van der Waals surface area contributed by atoms with E-state index in [1.807, 2.05) is 55.7 Å². The number of benzene rings is 2. The number of hydrogen-bond donors (Lipinski definition) is 0. The Morgan fingerprint density at radius 2 is 1.81 bits per heavy atom. The van der Waals surface area contributed by atoms with Crippen molar-refractivity contribution < 1.29 is 4.79 Å². The molecule has 3 rings (SSSR count). The van der Waals surface area contributed by atoms with E-state index >= 15 is 0 Å². The molecule has 0 N–H and O–H groups in total. The van der Waals surface area contributed by atoms with E-state index in [0.29, 0.717) is 18.7 Å². The maximum atomic E-state index is 12.9. The highest BCUT2D eigenvalue weighted by molar-refractivity contribution is 5.97. The first-order valence-electron chi connectivity index (χ1n) is 8.92. The van der Waals surface area contributed by atoms with Crippen LogP contribution in [-0.4, -0.2) is 46.4 Å². The molecule has 1 amide bonds. The Morgan fingerprint density at radius 1 is 1.08 bits per heavy atom. The van der Waals surface area contributed by atoms with Gasteiger partial charge >= 0.3 is 0 Å². The highest BCUT2D eigenvalue weighted by Gasteiger charge is 2.16. The Hall–Kier alpha value is -2.89. The van der Waals surface area contributed by atoms with Crippen LogP contribution in [0.1, 0.15) is 29.8 Å². The van der Waals surface area contributed by atoms with Crippen LogP contribution in [0.4, 0.5) is 5.69 Å². The summed E-state index contributed by atoms with van der Waals surface area (Å²) < 4.78 is 1.83. The van der Waals surface area contributed by atoms with Crippen LogP contribution in [-0.2, 0) is 13.1 Å². The van der Waals surface area contributed by atoms with Gasteiger partial charge in [0.2, 0.25) is 0 Å². The van der Waals surface area contributed by atoms with E-state index in [1.54, 1.807) is 0 Å². The first-order chi connectivity index (χ1) is 12.5. The van der Waals surface area contributed by atoms with E-state index in [-0.39, 0.29) is 5.91 Å². The number of nitrogens with zero attached hydrogens (tertiary/aromatic N) is 5. The number of aryl methyl sites for hydroxylation is 1. The molecule has 0 radical (unpaired) electrons. The minimum absolute atomic E-state index is 0.0112. The summed E-state index contributed by atoms with van der Waals surface area (Å²) in [6.07, 6.45) is 0. The monoisotopic (exact) mass is 351 g/mol. The second-order valence-corrected chi connectivity index (χ2v) is 6.49. The standard InChI is InChI=1S/C20H25N5O/c1-5-24(14-15-7-10-17(11-8-15)23(3)4)20(26)16-9-12-19-18(13-16)21-22-25(19)6-2/h7-13H,5-6,14H2,1-4H3. The third-order valence-corrected chi connectivity index (χ3v) is 4.56. The number of rotatable bonds is 6. The maximum Gasteiger partial charge on any atom is 0.254 e. The highest BCUT2D eigenvalue weighted by Crippen LogP contribution is 2.18. The lowest BCUT2D eigenvalue weighted by atomic mass is 10.1. The normalized spacial score (nSPS) is 10.9. The van der Waals surface area contributed by atoms with E-state index < -0.39 is 0 Å². The van der Waals surface area contributed by atoms with Gasteiger partial charge in [0, 0.05) is 45.0 Å². The number of hydrogen-bond acceptors (Lipinski definition) is 4. The Morgan fingerprint density at radius 3 is 2.42 bits per heavy atom. The molecule has 6 heteroatoms. The Balaban J connectivity index is 1.80. The van der Waals surface area contributed by atoms with E-state index in [1.165, 1.54) is 0 Å². The molecule has 1 aromatic heterocycles. The molecule has 26 heavy (non-hydrogen) atoms. The fourth-order valence-corrected chi connectivity index (χ4v) is 2.97. The first kappa shape index (κ1) is 17.9. The van der Waals surface area contributed by atoms with Gasteiger partial charge in [0.15, 0.2) is 0 Å². The van der Waals surface area contributed by atoms with Crippen LogP contribution in [0.5, 0.6) is 0 Å². The molecule has 0 bridgehead atoms. The third-order valence-electron chi connectivity index (χ3n) is 4.56. The second-order valence-electron chi connectivity index (χ2n) is 6.49. The SMILES string of the molecule is CCN(Cc1ccc(N(C)C)cc1)C(=O)c1ccc2c(c1)nnn2CC. The summed E-state index contributed by atoms with van der Waals surface area (Å²) in [6, 6.07) is 13.9. The molecule has 0 aliphatic heterocycles. The van der Waals surface area contributed by atoms with Gasteiger partial charge in [0.25, 0.3) is 5.91 Å². The fraction of sp³-hybridized carbons (Fsp3) is 0.350. The number of carbonyl (C=O) groups is 1. The molecule has 0 saturated heterocycles. The molecule has 3 aromatic rings. The zero-order valence-corrected chi connectivity index (χ0v) is 15.8. The lowest BCUT2D eigenvalue weighted by Gasteiger charge is -2.22. The zero-order valence-electron chi connectivity index (χ0n) is 15.8. The number of aromatic nitrogens is 3. The Bertz CT molecular complexity index is 898. The molecule has 0 aliphatic rings. The van der Waals surface area contributed by atoms with E-state index in [2.05, 4.69) is 39.5 Å². The van der Waals surface area contributed by atoms with Crippen LogP contribution in [0.25, 0.3) is 11.0 Å². The molecule has 0 fully saturated rings. The average Bonchev–Trinajstić information content (AvgIpc) is 3.08. The highest BCUT2D eigenvalue weighted by atomic mass is 16.2. The van der Waals surface area contributed by atoms with Gasteiger partial charge in [0.05, 0.1) is 5.52 Å². The van der Waals surface area contributed by atoms with Gasteiger partial charge < -0.3 is 9.80 Å². The van der Waals surface area contributed by atoms with Gasteiger partial charge in [-0.2, -0.15) is 0 Å². The summed E-state index contributed by atoms with van der Waals surface area (Å²) in [5.74, 6) is 0.0112. The molecule has 0 spiro atoms. The predicted molar refractivity (Wildman–Crippen MR) is 104 cm³/mol. The van der Waals surface area contributed by atoms with Crippen LogP contribution in [0.2, 0.25) is 0 Å². The van der Waals surface area contributed by atoms with Crippen molar-refractivity contribution in [1.29, 1.82) is 0 Å². The van der Waals surface area contributed by atoms with Crippen molar-refractivity contribution >= 4 is 22.6 Å². The summed E-state index contributed by atoms with van der Waals surface area (Å²) in [4.78, 5) is 16.8. The Labute approximate surface area is 154 Å². The minimum Gasteiger partial charge on any atom is -0.378 e. The van der Waals surface area contributed by atoms with Crippen LogP contribution in [0.15, 0.2) is 42.5 Å². The molecule has 0 aliphatic carbocycles. The molecule has 0 unspecified atom stereocenters. The van der Waals surface area contributed by atoms with Gasteiger partial charge in [-0.25, -0.2) is 4.68 Å². The second kappa shape index (κ2) is 7.56. The van der Waals surface area contributed by atoms with Crippen molar-refractivity contribution in [2.75, 3.05) is 25.5 Å². The van der Waals surface area contributed by atoms with E-state index in [9.17, 15) is 4.79 Å². The fourth-order valence-electron chi connectivity index (χ4n) is 2.97. The van der Waals surface area contributed by atoms with Crippen molar-refractivity contribution in [2.45, 2.75) is 26.9 Å². The molecule has 136 valence electrons. The van der Waals surface area contributed by atoms with E-state index in [0.717, 1.165) is 28.8 Å². The summed E-state index contributed by atoms with van der Waals surface area (Å²) in [7, 11) is 4.03. The number of fused-ring (bicyclic) bond motifs is 1. The van der Waals surface area contributed by atoms with Crippen LogP contribution < -0.4 is 4.90 Å². The summed E-state index contributed by atoms with van der Waals surface area (Å²) >= 11 is 0. The lowest BCUT2D eigenvalue weighted by molar-refractivity contribution is 0.0752. The quantitative estimate of drug-likeness (QED) is 0.684. The molecular weight excluding hydrogens is 326 g/mol. The van der Waals surface area contributed by atoms with Crippen molar-refractivity contribution in [2.24, 2.45) is 0 Å². The minimum atomic E-state index is 0.0112. The van der Waals surface area contributed by atoms with Gasteiger partial charge in [-0.3, -0.25) is 4.79 Å². The largest absolute Gasteiger partial charge is 0.378 e. The molecule has 6 nitrogen and oxygen atoms in total.